The first-order valence-corrected chi connectivity index (χ1v) is 18.8. The highest BCUT2D eigenvalue weighted by molar-refractivity contribution is 7.92. The van der Waals surface area contributed by atoms with E-state index in [4.69, 9.17) is 14.2 Å². The molecule has 4 aromatic rings. The number of sulfone groups is 1. The second-order valence-corrected chi connectivity index (χ2v) is 16.7. The van der Waals surface area contributed by atoms with Crippen LogP contribution in [0.4, 0.5) is 4.79 Å². The zero-order chi connectivity index (χ0) is 34.1. The van der Waals surface area contributed by atoms with Crippen LogP contribution in [0, 0.1) is 0 Å². The fraction of sp³-hybridized carbons (Fsp3) is 0.368. The quantitative estimate of drug-likeness (QED) is 0.174. The lowest BCUT2D eigenvalue weighted by Crippen LogP contribution is -2.40. The van der Waals surface area contributed by atoms with Crippen LogP contribution in [0.5, 0.6) is 5.75 Å². The number of esters is 1. The van der Waals surface area contributed by atoms with E-state index in [-0.39, 0.29) is 44.2 Å². The van der Waals surface area contributed by atoms with E-state index in [2.05, 4.69) is 24.3 Å². The Morgan fingerprint density at radius 1 is 0.896 bits per heavy atom. The van der Waals surface area contributed by atoms with Crippen LogP contribution in [-0.2, 0) is 28.9 Å². The van der Waals surface area contributed by atoms with Gasteiger partial charge < -0.3 is 19.1 Å². The molecule has 0 radical (unpaired) electrons. The predicted molar refractivity (Wildman–Crippen MR) is 188 cm³/mol. The van der Waals surface area contributed by atoms with E-state index >= 15 is 0 Å². The molecule has 6 rings (SSSR count). The van der Waals surface area contributed by atoms with Gasteiger partial charge in [-0.1, -0.05) is 48.5 Å². The van der Waals surface area contributed by atoms with Crippen molar-refractivity contribution in [3.05, 3.63) is 101 Å². The molecule has 1 aromatic heterocycles. The molecule has 2 heterocycles. The van der Waals surface area contributed by atoms with Gasteiger partial charge in [-0.25, -0.2) is 13.2 Å². The van der Waals surface area contributed by atoms with Crippen LogP contribution in [0.2, 0.25) is 0 Å². The summed E-state index contributed by atoms with van der Waals surface area (Å²) in [4.78, 5) is 29.8. The van der Waals surface area contributed by atoms with E-state index in [0.717, 1.165) is 38.4 Å². The fourth-order valence-electron chi connectivity index (χ4n) is 6.67. The number of rotatable bonds is 8. The fourth-order valence-corrected chi connectivity index (χ4v) is 10.3. The summed E-state index contributed by atoms with van der Waals surface area (Å²) in [6, 6.07) is 27.5. The van der Waals surface area contributed by atoms with Crippen LogP contribution in [0.25, 0.3) is 21.6 Å². The molecular formula is C38H41NO7S2. The maximum absolute atomic E-state index is 14.3. The van der Waals surface area contributed by atoms with E-state index in [0.29, 0.717) is 11.5 Å². The number of benzene rings is 3. The molecule has 1 atom stereocenters. The maximum atomic E-state index is 14.3. The van der Waals surface area contributed by atoms with E-state index < -0.39 is 32.2 Å². The number of nitrogens with zero attached hydrogens (tertiary/aromatic N) is 1. The summed E-state index contributed by atoms with van der Waals surface area (Å²) in [7, 11) is -3.95. The zero-order valence-corrected chi connectivity index (χ0v) is 29.4. The third-order valence-electron chi connectivity index (χ3n) is 8.96. The number of carbonyl (C=O) groups is 2. The lowest BCUT2D eigenvalue weighted by Gasteiger charge is -2.31. The molecule has 10 heteroatoms. The van der Waals surface area contributed by atoms with Gasteiger partial charge in [-0.05, 0) is 98.3 Å². The standard InChI is InChI=1S/C38H41NO7S2/c1-5-44-27-16-14-26(15-17-27)33-18-19-34(47-33)38(24-35(40)46-37(2,3)4)20-21-39(22-23-48(38,42)43)36(41)45-25-32-30-12-8-6-10-28(30)29-11-7-9-13-31(29)32/h6-19,32H,5,20-25H2,1-4H3. The van der Waals surface area contributed by atoms with Crippen molar-refractivity contribution in [1.82, 2.24) is 4.90 Å². The van der Waals surface area contributed by atoms with Gasteiger partial charge in [-0.15, -0.1) is 11.3 Å². The zero-order valence-electron chi connectivity index (χ0n) is 27.7. The summed E-state index contributed by atoms with van der Waals surface area (Å²) in [6.45, 7) is 7.95. The third-order valence-corrected chi connectivity index (χ3v) is 12.9. The smallest absolute Gasteiger partial charge is 0.409 e. The predicted octanol–water partition coefficient (Wildman–Crippen LogP) is 7.81. The maximum Gasteiger partial charge on any atom is 0.409 e. The van der Waals surface area contributed by atoms with Crippen molar-refractivity contribution < 1.29 is 32.2 Å². The lowest BCUT2D eigenvalue weighted by atomic mass is 9.97. The molecule has 1 amide bonds. The Kier molecular flexibility index (Phi) is 9.42. The molecule has 1 fully saturated rings. The van der Waals surface area contributed by atoms with E-state index in [1.54, 1.807) is 26.8 Å². The number of thiophene rings is 1. The Hall–Kier alpha value is -4.15. The number of ether oxygens (including phenoxy) is 3. The number of fused-ring (bicyclic) bond motifs is 3. The number of amides is 1. The molecule has 3 aromatic carbocycles. The topological polar surface area (TPSA) is 99.2 Å². The Balaban J connectivity index is 1.25. The second-order valence-electron chi connectivity index (χ2n) is 13.2. The molecular weight excluding hydrogens is 647 g/mol. The average Bonchev–Trinajstić information content (AvgIpc) is 3.63. The van der Waals surface area contributed by atoms with Gasteiger partial charge in [0.1, 0.15) is 22.7 Å². The van der Waals surface area contributed by atoms with Gasteiger partial charge >= 0.3 is 12.1 Å². The lowest BCUT2D eigenvalue weighted by molar-refractivity contribution is -0.155. The Labute approximate surface area is 286 Å². The first-order valence-electron chi connectivity index (χ1n) is 16.3. The molecule has 1 aliphatic heterocycles. The number of carbonyl (C=O) groups excluding carboxylic acids is 2. The first kappa shape index (κ1) is 33.7. The minimum absolute atomic E-state index is 0.0298. The highest BCUT2D eigenvalue weighted by atomic mass is 32.2. The molecule has 252 valence electrons. The van der Waals surface area contributed by atoms with Crippen molar-refractivity contribution in [2.45, 2.75) is 56.8 Å². The molecule has 1 unspecified atom stereocenters. The van der Waals surface area contributed by atoms with Gasteiger partial charge in [0.15, 0.2) is 9.84 Å². The van der Waals surface area contributed by atoms with Crippen molar-refractivity contribution in [2.24, 2.45) is 0 Å². The summed E-state index contributed by atoms with van der Waals surface area (Å²) in [5, 5.41) is 0. The van der Waals surface area contributed by atoms with Gasteiger partial charge in [0.25, 0.3) is 0 Å². The van der Waals surface area contributed by atoms with Crippen LogP contribution >= 0.6 is 11.3 Å². The van der Waals surface area contributed by atoms with E-state index in [1.165, 1.54) is 16.2 Å². The molecule has 0 spiro atoms. The summed E-state index contributed by atoms with van der Waals surface area (Å²) in [5.74, 6) is -0.276. The normalized spacial score (nSPS) is 18.8. The molecule has 1 saturated heterocycles. The second kappa shape index (κ2) is 13.4. The van der Waals surface area contributed by atoms with Gasteiger partial charge in [0.05, 0.1) is 18.8 Å². The van der Waals surface area contributed by atoms with E-state index in [1.807, 2.05) is 61.5 Å². The monoisotopic (exact) mass is 687 g/mol. The SMILES string of the molecule is CCOc1ccc(-c2ccc(C3(CC(=O)OC(C)(C)C)CCN(C(=O)OCC4c5ccccc5-c5ccccc54)CCS3(=O)=O)s2)cc1. The summed E-state index contributed by atoms with van der Waals surface area (Å²) >= 11 is 1.34. The molecule has 8 nitrogen and oxygen atoms in total. The summed E-state index contributed by atoms with van der Waals surface area (Å²) in [6.07, 6.45) is -0.891. The van der Waals surface area contributed by atoms with Crippen molar-refractivity contribution in [3.8, 4) is 27.3 Å². The van der Waals surface area contributed by atoms with Crippen molar-refractivity contribution >= 4 is 33.2 Å². The molecule has 0 bridgehead atoms. The van der Waals surface area contributed by atoms with Gasteiger partial charge in [0, 0.05) is 28.8 Å². The largest absolute Gasteiger partial charge is 0.494 e. The van der Waals surface area contributed by atoms with E-state index in [9.17, 15) is 18.0 Å². The van der Waals surface area contributed by atoms with Gasteiger partial charge in [-0.3, -0.25) is 4.79 Å². The third kappa shape index (κ3) is 6.73. The van der Waals surface area contributed by atoms with Crippen molar-refractivity contribution in [3.63, 3.8) is 0 Å². The molecule has 1 aliphatic carbocycles. The summed E-state index contributed by atoms with van der Waals surface area (Å²) < 4.78 is 44.2. The Morgan fingerprint density at radius 3 is 2.17 bits per heavy atom. The highest BCUT2D eigenvalue weighted by Crippen LogP contribution is 2.47. The first-order chi connectivity index (χ1) is 22.9. The molecule has 2 aliphatic rings. The molecule has 0 N–H and O–H groups in total. The van der Waals surface area contributed by atoms with Crippen LogP contribution in [0.1, 0.15) is 62.5 Å². The van der Waals surface area contributed by atoms with Gasteiger partial charge in [0.2, 0.25) is 0 Å². The summed E-state index contributed by atoms with van der Waals surface area (Å²) in [5.41, 5.74) is 4.58. The van der Waals surface area contributed by atoms with Crippen LogP contribution in [0.3, 0.4) is 0 Å². The minimum atomic E-state index is -3.95. The Morgan fingerprint density at radius 2 is 1.54 bits per heavy atom. The van der Waals surface area contributed by atoms with Crippen LogP contribution in [0.15, 0.2) is 84.9 Å². The Bertz CT molecular complexity index is 1860. The minimum Gasteiger partial charge on any atom is -0.494 e. The van der Waals surface area contributed by atoms with Gasteiger partial charge in [-0.2, -0.15) is 0 Å². The number of hydrogen-bond acceptors (Lipinski definition) is 8. The molecule has 0 saturated carbocycles. The average molecular weight is 688 g/mol. The van der Waals surface area contributed by atoms with Crippen molar-refractivity contribution in [2.75, 3.05) is 32.1 Å². The van der Waals surface area contributed by atoms with Crippen LogP contribution < -0.4 is 4.74 Å². The highest BCUT2D eigenvalue weighted by Gasteiger charge is 2.51. The number of hydrogen-bond donors (Lipinski definition) is 0. The van der Waals surface area contributed by atoms with Crippen LogP contribution in [-0.4, -0.2) is 63.0 Å². The van der Waals surface area contributed by atoms with Crippen molar-refractivity contribution in [1.29, 1.82) is 0 Å². The molecule has 48 heavy (non-hydrogen) atoms.